The molecule has 6 heteroatoms. The number of halogens is 1. The smallest absolute Gasteiger partial charge is 0.249 e. The zero-order valence-corrected chi connectivity index (χ0v) is 11.6. The van der Waals surface area contributed by atoms with Gasteiger partial charge in [0, 0.05) is 4.47 Å². The predicted octanol–water partition coefficient (Wildman–Crippen LogP) is 1.87. The van der Waals surface area contributed by atoms with Crippen LogP contribution in [-0.4, -0.2) is 19.1 Å². The van der Waals surface area contributed by atoms with Gasteiger partial charge in [-0.05, 0) is 47.8 Å². The van der Waals surface area contributed by atoms with E-state index in [0.717, 1.165) is 0 Å². The van der Waals surface area contributed by atoms with Gasteiger partial charge in [0.2, 0.25) is 5.91 Å². The highest BCUT2D eigenvalue weighted by Crippen LogP contribution is 2.47. The van der Waals surface area contributed by atoms with Crippen LogP contribution in [0.5, 0.6) is 0 Å². The largest absolute Gasteiger partial charge is 0.366 e. The Kier molecular flexibility index (Phi) is 2.82. The van der Waals surface area contributed by atoms with Crippen LogP contribution in [0.15, 0.2) is 27.6 Å². The molecule has 0 heterocycles. The Morgan fingerprint density at radius 3 is 2.47 bits per heavy atom. The number of nitrogens with two attached hydrogens (primary N) is 1. The third-order valence-corrected chi connectivity index (χ3v) is 6.86. The second kappa shape index (κ2) is 3.81. The van der Waals surface area contributed by atoms with Crippen molar-refractivity contribution >= 4 is 31.7 Å². The molecule has 0 saturated heterocycles. The molecule has 0 aliphatic heterocycles. The van der Waals surface area contributed by atoms with Crippen LogP contribution < -0.4 is 5.73 Å². The number of sulfone groups is 1. The molecule has 1 amide bonds. The van der Waals surface area contributed by atoms with Gasteiger partial charge in [0.1, 0.15) is 0 Å². The molecule has 1 aliphatic rings. The van der Waals surface area contributed by atoms with Gasteiger partial charge in [0.05, 0.1) is 15.2 Å². The maximum absolute atomic E-state index is 12.3. The van der Waals surface area contributed by atoms with Crippen molar-refractivity contribution in [3.8, 4) is 0 Å². The molecule has 1 aromatic rings. The lowest BCUT2D eigenvalue weighted by molar-refractivity contribution is 0.0999. The third-order valence-electron chi connectivity index (χ3n) is 3.12. The molecule has 0 bridgehead atoms. The van der Waals surface area contributed by atoms with Crippen molar-refractivity contribution in [2.45, 2.75) is 29.4 Å². The van der Waals surface area contributed by atoms with Crippen molar-refractivity contribution in [2.24, 2.45) is 5.73 Å². The van der Waals surface area contributed by atoms with Crippen molar-refractivity contribution in [3.63, 3.8) is 0 Å². The Balaban J connectivity index is 2.62. The van der Waals surface area contributed by atoms with E-state index < -0.39 is 20.5 Å². The summed E-state index contributed by atoms with van der Waals surface area (Å²) in [5.74, 6) is -0.644. The molecule has 1 fully saturated rings. The highest BCUT2D eigenvalue weighted by Gasteiger charge is 2.51. The van der Waals surface area contributed by atoms with Crippen molar-refractivity contribution in [3.05, 3.63) is 28.2 Å². The molecular formula is C11H12BrNO3S. The topological polar surface area (TPSA) is 77.2 Å². The number of carbonyl (C=O) groups is 1. The van der Waals surface area contributed by atoms with E-state index in [9.17, 15) is 13.2 Å². The summed E-state index contributed by atoms with van der Waals surface area (Å²) in [5.41, 5.74) is 5.38. The lowest BCUT2D eigenvalue weighted by Gasteiger charge is -2.13. The first-order chi connectivity index (χ1) is 7.79. The van der Waals surface area contributed by atoms with Crippen LogP contribution in [-0.2, 0) is 9.84 Å². The summed E-state index contributed by atoms with van der Waals surface area (Å²) in [7, 11) is -3.41. The van der Waals surface area contributed by atoms with Gasteiger partial charge in [-0.15, -0.1) is 0 Å². The molecule has 1 saturated carbocycles. The molecule has 2 rings (SSSR count). The van der Waals surface area contributed by atoms with Crippen LogP contribution in [0.1, 0.15) is 30.1 Å². The first-order valence-corrected chi connectivity index (χ1v) is 7.40. The molecule has 17 heavy (non-hydrogen) atoms. The molecule has 0 spiro atoms. The van der Waals surface area contributed by atoms with Crippen LogP contribution in [0.2, 0.25) is 0 Å². The predicted molar refractivity (Wildman–Crippen MR) is 67.5 cm³/mol. The Morgan fingerprint density at radius 1 is 1.41 bits per heavy atom. The first-order valence-electron chi connectivity index (χ1n) is 5.12. The molecule has 2 N–H and O–H groups in total. The molecule has 0 atom stereocenters. The van der Waals surface area contributed by atoms with E-state index in [2.05, 4.69) is 15.9 Å². The quantitative estimate of drug-likeness (QED) is 0.924. The highest BCUT2D eigenvalue weighted by molar-refractivity contribution is 9.10. The van der Waals surface area contributed by atoms with Crippen molar-refractivity contribution in [2.75, 3.05) is 0 Å². The monoisotopic (exact) mass is 317 g/mol. The molecule has 92 valence electrons. The summed E-state index contributed by atoms with van der Waals surface area (Å²) in [4.78, 5) is 11.3. The number of hydrogen-bond acceptors (Lipinski definition) is 3. The van der Waals surface area contributed by atoms with E-state index in [1.165, 1.54) is 18.2 Å². The van der Waals surface area contributed by atoms with Gasteiger partial charge >= 0.3 is 0 Å². The van der Waals surface area contributed by atoms with Crippen LogP contribution in [0.4, 0.5) is 0 Å². The third kappa shape index (κ3) is 1.89. The van der Waals surface area contributed by atoms with Gasteiger partial charge in [-0.25, -0.2) is 8.42 Å². The van der Waals surface area contributed by atoms with E-state index >= 15 is 0 Å². The first kappa shape index (κ1) is 12.6. The molecule has 0 unspecified atom stereocenters. The van der Waals surface area contributed by atoms with Crippen LogP contribution in [0.3, 0.4) is 0 Å². The maximum atomic E-state index is 12.3. The Hall–Kier alpha value is -0.880. The molecular weight excluding hydrogens is 306 g/mol. The lowest BCUT2D eigenvalue weighted by Crippen LogP contribution is -2.21. The number of primary amides is 1. The summed E-state index contributed by atoms with van der Waals surface area (Å²) in [5, 5.41) is 0. The number of hydrogen-bond donors (Lipinski definition) is 1. The lowest BCUT2D eigenvalue weighted by atomic mass is 10.2. The summed E-state index contributed by atoms with van der Waals surface area (Å²) >= 11 is 3.16. The number of carbonyl (C=O) groups excluding carboxylic acids is 1. The van der Waals surface area contributed by atoms with Crippen LogP contribution in [0.25, 0.3) is 0 Å². The Labute approximate surface area is 108 Å². The van der Waals surface area contributed by atoms with E-state index in [1.54, 1.807) is 6.92 Å². The van der Waals surface area contributed by atoms with Gasteiger partial charge in [-0.2, -0.15) is 0 Å². The fourth-order valence-electron chi connectivity index (χ4n) is 1.62. The summed E-state index contributed by atoms with van der Waals surface area (Å²) in [6.45, 7) is 1.71. The molecule has 0 aromatic heterocycles. The van der Waals surface area contributed by atoms with E-state index in [1.807, 2.05) is 0 Å². The Morgan fingerprint density at radius 2 is 2.00 bits per heavy atom. The van der Waals surface area contributed by atoms with Crippen LogP contribution in [0, 0.1) is 0 Å². The SMILES string of the molecule is CC1(S(=O)(=O)c2cccc(C(N)=O)c2Br)CC1. The average molecular weight is 318 g/mol. The van der Waals surface area contributed by atoms with Crippen molar-refractivity contribution < 1.29 is 13.2 Å². The Bertz CT molecular complexity index is 591. The standard InChI is InChI=1S/C11H12BrNO3S/c1-11(5-6-11)17(15,16)8-4-2-3-7(9(8)12)10(13)14/h2-4H,5-6H2,1H3,(H2,13,14). The number of rotatable bonds is 3. The highest BCUT2D eigenvalue weighted by atomic mass is 79.9. The summed E-state index contributed by atoms with van der Waals surface area (Å²) in [6.07, 6.45) is 1.31. The van der Waals surface area contributed by atoms with Gasteiger partial charge in [-0.1, -0.05) is 6.07 Å². The van der Waals surface area contributed by atoms with Crippen molar-refractivity contribution in [1.29, 1.82) is 0 Å². The summed E-state index contributed by atoms with van der Waals surface area (Å²) < 4.78 is 24.2. The minimum absolute atomic E-state index is 0.147. The van der Waals surface area contributed by atoms with Gasteiger partial charge in [0.15, 0.2) is 9.84 Å². The molecule has 0 radical (unpaired) electrons. The minimum atomic E-state index is -3.41. The normalized spacial score (nSPS) is 17.8. The van der Waals surface area contributed by atoms with Gasteiger partial charge in [-0.3, -0.25) is 4.79 Å². The van der Waals surface area contributed by atoms with Crippen LogP contribution >= 0.6 is 15.9 Å². The molecule has 1 aliphatic carbocycles. The van der Waals surface area contributed by atoms with E-state index in [0.29, 0.717) is 12.8 Å². The zero-order chi connectivity index (χ0) is 12.8. The second-order valence-corrected chi connectivity index (χ2v) is 7.66. The summed E-state index contributed by atoms with van der Waals surface area (Å²) in [6, 6.07) is 4.53. The zero-order valence-electron chi connectivity index (χ0n) is 9.23. The number of amides is 1. The molecule has 4 nitrogen and oxygen atoms in total. The fraction of sp³-hybridized carbons (Fsp3) is 0.364. The van der Waals surface area contributed by atoms with Gasteiger partial charge in [0.25, 0.3) is 0 Å². The van der Waals surface area contributed by atoms with Gasteiger partial charge < -0.3 is 5.73 Å². The number of benzene rings is 1. The molecule has 1 aromatic carbocycles. The van der Waals surface area contributed by atoms with E-state index in [-0.39, 0.29) is 14.9 Å². The maximum Gasteiger partial charge on any atom is 0.249 e. The minimum Gasteiger partial charge on any atom is -0.366 e. The van der Waals surface area contributed by atoms with Crippen molar-refractivity contribution in [1.82, 2.24) is 0 Å². The fourth-order valence-corrected chi connectivity index (χ4v) is 4.49. The average Bonchev–Trinajstić information content (AvgIpc) is 2.97. The van der Waals surface area contributed by atoms with E-state index in [4.69, 9.17) is 5.73 Å². The second-order valence-electron chi connectivity index (χ2n) is 4.44.